The van der Waals surface area contributed by atoms with Crippen LogP contribution >= 0.6 is 11.6 Å². The van der Waals surface area contributed by atoms with Gasteiger partial charge in [-0.05, 0) is 115 Å². The zero-order chi connectivity index (χ0) is 33.8. The van der Waals surface area contributed by atoms with Crippen molar-refractivity contribution in [3.05, 3.63) is 34.9 Å². The number of ether oxygens (including phenoxy) is 3. The molecule has 0 amide bonds. The summed E-state index contributed by atoms with van der Waals surface area (Å²) in [5.41, 5.74) is 1.91. The molecule has 2 aromatic heterocycles. The van der Waals surface area contributed by atoms with E-state index in [2.05, 4.69) is 35.8 Å². The SMILES string of the molecule is Cc1c(-c2ccc(Cl)nc2C(=O)OC(C)(C)C)cnn1CC12CC3(C)CC(C)(C1)CC(OCCNCCC(=O)OC(C)(C)C)(C3)C2. The van der Waals surface area contributed by atoms with Gasteiger partial charge >= 0.3 is 11.9 Å². The van der Waals surface area contributed by atoms with E-state index in [9.17, 15) is 9.59 Å². The molecule has 6 rings (SSSR count). The fraction of sp³-hybridized carbons (Fsp3) is 0.722. The monoisotopic (exact) mass is 656 g/mol. The lowest BCUT2D eigenvalue weighted by Crippen LogP contribution is -2.64. The number of esters is 2. The third-order valence-electron chi connectivity index (χ3n) is 9.60. The van der Waals surface area contributed by atoms with Gasteiger partial charge in [0.05, 0.1) is 24.8 Å². The lowest BCUT2D eigenvalue weighted by molar-refractivity contribution is -0.247. The standard InChI is InChI=1S/C36H53ClN4O5/c1-24-26(25-10-11-27(37)40-29(25)30(43)46-32(5,6)7)16-39-41(24)23-35-18-33(8)17-34(9,19-35)21-36(20-33,22-35)44-15-14-38-13-12-28(42)45-31(2,3)4/h10-11,16,38H,12-15,17-23H2,1-9H3. The number of nitrogens with zero attached hydrogens (tertiary/aromatic N) is 3. The summed E-state index contributed by atoms with van der Waals surface area (Å²) < 4.78 is 20.0. The first-order chi connectivity index (χ1) is 21.2. The lowest BCUT2D eigenvalue weighted by atomic mass is 9.39. The third-order valence-corrected chi connectivity index (χ3v) is 9.81. The summed E-state index contributed by atoms with van der Waals surface area (Å²) in [6.07, 6.45) is 8.86. The van der Waals surface area contributed by atoms with Gasteiger partial charge in [-0.3, -0.25) is 9.48 Å². The van der Waals surface area contributed by atoms with Crippen LogP contribution in [0.25, 0.3) is 11.1 Å². The Kier molecular flexibility index (Phi) is 9.23. The van der Waals surface area contributed by atoms with Gasteiger partial charge in [-0.25, -0.2) is 9.78 Å². The van der Waals surface area contributed by atoms with Gasteiger partial charge in [0.15, 0.2) is 5.69 Å². The van der Waals surface area contributed by atoms with Gasteiger partial charge in [-0.1, -0.05) is 25.4 Å². The molecule has 10 heteroatoms. The minimum absolute atomic E-state index is 0.0582. The van der Waals surface area contributed by atoms with E-state index in [0.717, 1.165) is 49.9 Å². The largest absolute Gasteiger partial charge is 0.460 e. The van der Waals surface area contributed by atoms with Crippen molar-refractivity contribution >= 4 is 23.5 Å². The van der Waals surface area contributed by atoms with Crippen LogP contribution in [0.3, 0.4) is 0 Å². The number of carbonyl (C=O) groups is 2. The van der Waals surface area contributed by atoms with Gasteiger partial charge in [0.2, 0.25) is 0 Å². The summed E-state index contributed by atoms with van der Waals surface area (Å²) in [6.45, 7) is 20.8. The maximum atomic E-state index is 13.1. The normalized spacial score (nSPS) is 28.8. The number of aromatic nitrogens is 3. The molecule has 0 spiro atoms. The highest BCUT2D eigenvalue weighted by atomic mass is 35.5. The van der Waals surface area contributed by atoms with Crippen LogP contribution in [0.4, 0.5) is 0 Å². The molecule has 9 nitrogen and oxygen atoms in total. The molecule has 4 bridgehead atoms. The minimum atomic E-state index is -0.656. The van der Waals surface area contributed by atoms with Crippen molar-refractivity contribution < 1.29 is 23.8 Å². The summed E-state index contributed by atoms with van der Waals surface area (Å²) in [6, 6.07) is 3.54. The van der Waals surface area contributed by atoms with Crippen LogP contribution in [-0.2, 0) is 25.5 Å². The molecule has 4 saturated carbocycles. The molecular formula is C36H53ClN4O5. The molecule has 2 unspecified atom stereocenters. The second kappa shape index (κ2) is 12.2. The van der Waals surface area contributed by atoms with Crippen molar-refractivity contribution in [3.8, 4) is 11.1 Å². The predicted octanol–water partition coefficient (Wildman–Crippen LogP) is 7.32. The van der Waals surface area contributed by atoms with E-state index in [-0.39, 0.29) is 38.7 Å². The van der Waals surface area contributed by atoms with Crippen molar-refractivity contribution in [3.63, 3.8) is 0 Å². The van der Waals surface area contributed by atoms with Crippen molar-refractivity contribution in [2.24, 2.45) is 16.2 Å². The number of hydrogen-bond acceptors (Lipinski definition) is 8. The van der Waals surface area contributed by atoms with Crippen LogP contribution in [-0.4, -0.2) is 63.2 Å². The first-order valence-corrected chi connectivity index (χ1v) is 17.1. The van der Waals surface area contributed by atoms with E-state index in [1.54, 1.807) is 6.07 Å². The van der Waals surface area contributed by atoms with Gasteiger partial charge < -0.3 is 19.5 Å². The zero-order valence-electron chi connectivity index (χ0n) is 29.3. The number of pyridine rings is 1. The van der Waals surface area contributed by atoms with Crippen molar-refractivity contribution in [1.82, 2.24) is 20.1 Å². The Balaban J connectivity index is 1.30. The molecule has 4 aliphatic rings. The van der Waals surface area contributed by atoms with Gasteiger partial charge in [-0.15, -0.1) is 0 Å². The lowest BCUT2D eigenvalue weighted by Gasteiger charge is -2.69. The van der Waals surface area contributed by atoms with E-state index in [4.69, 9.17) is 30.9 Å². The second-order valence-electron chi connectivity index (χ2n) is 17.1. The van der Waals surface area contributed by atoms with E-state index in [0.29, 0.717) is 31.7 Å². The first-order valence-electron chi connectivity index (χ1n) is 16.7. The van der Waals surface area contributed by atoms with Crippen LogP contribution in [0, 0.1) is 23.2 Å². The van der Waals surface area contributed by atoms with Crippen molar-refractivity contribution in [2.75, 3.05) is 19.7 Å². The number of nitrogens with one attached hydrogen (secondary N) is 1. The molecule has 0 saturated heterocycles. The van der Waals surface area contributed by atoms with Gasteiger partial charge in [0.1, 0.15) is 16.4 Å². The average Bonchev–Trinajstić information content (AvgIpc) is 3.20. The molecule has 1 N–H and O–H groups in total. The number of carbonyl (C=O) groups excluding carboxylic acids is 2. The molecule has 0 aliphatic heterocycles. The number of rotatable bonds is 11. The molecule has 2 aromatic rings. The summed E-state index contributed by atoms with van der Waals surface area (Å²) in [5, 5.41) is 8.50. The predicted molar refractivity (Wildman–Crippen MR) is 179 cm³/mol. The summed E-state index contributed by atoms with van der Waals surface area (Å²) in [4.78, 5) is 29.6. The molecule has 4 aliphatic carbocycles. The Morgan fingerprint density at radius 3 is 2.20 bits per heavy atom. The quantitative estimate of drug-likeness (QED) is 0.152. The van der Waals surface area contributed by atoms with Gasteiger partial charge in [-0.2, -0.15) is 5.10 Å². The van der Waals surface area contributed by atoms with Crippen LogP contribution in [0.1, 0.15) is 117 Å². The Labute approximate surface area is 279 Å². The Hall–Kier alpha value is -2.49. The fourth-order valence-corrected chi connectivity index (χ4v) is 9.67. The average molecular weight is 657 g/mol. The van der Waals surface area contributed by atoms with Crippen molar-refractivity contribution in [1.29, 1.82) is 0 Å². The maximum absolute atomic E-state index is 13.1. The van der Waals surface area contributed by atoms with E-state index in [1.807, 2.05) is 53.8 Å². The minimum Gasteiger partial charge on any atom is -0.460 e. The molecule has 2 atom stereocenters. The van der Waals surface area contributed by atoms with Crippen LogP contribution in [0.2, 0.25) is 5.15 Å². The maximum Gasteiger partial charge on any atom is 0.358 e. The van der Waals surface area contributed by atoms with Gasteiger partial charge in [0, 0.05) is 36.5 Å². The highest BCUT2D eigenvalue weighted by molar-refractivity contribution is 6.29. The number of halogens is 1. The second-order valence-corrected chi connectivity index (χ2v) is 17.5. The van der Waals surface area contributed by atoms with E-state index in [1.165, 1.54) is 6.42 Å². The third kappa shape index (κ3) is 7.96. The van der Waals surface area contributed by atoms with Gasteiger partial charge in [0.25, 0.3) is 0 Å². The highest BCUT2D eigenvalue weighted by Gasteiger charge is 2.66. The van der Waals surface area contributed by atoms with Crippen LogP contribution < -0.4 is 5.32 Å². The Morgan fingerprint density at radius 2 is 1.57 bits per heavy atom. The van der Waals surface area contributed by atoms with Crippen molar-refractivity contribution in [2.45, 2.75) is 131 Å². The molecular weight excluding hydrogens is 604 g/mol. The molecule has 0 radical (unpaired) electrons. The van der Waals surface area contributed by atoms with Crippen LogP contribution in [0.5, 0.6) is 0 Å². The molecule has 0 aromatic carbocycles. The van der Waals surface area contributed by atoms with E-state index < -0.39 is 17.2 Å². The van der Waals surface area contributed by atoms with E-state index >= 15 is 0 Å². The van der Waals surface area contributed by atoms with Crippen LogP contribution in [0.15, 0.2) is 18.3 Å². The topological polar surface area (TPSA) is 105 Å². The molecule has 46 heavy (non-hydrogen) atoms. The summed E-state index contributed by atoms with van der Waals surface area (Å²) in [5.74, 6) is -0.687. The Bertz CT molecular complexity index is 1450. The first kappa shape index (κ1) is 34.8. The number of hydrogen-bond donors (Lipinski definition) is 1. The Morgan fingerprint density at radius 1 is 0.913 bits per heavy atom. The highest BCUT2D eigenvalue weighted by Crippen LogP contribution is 2.72. The fourth-order valence-electron chi connectivity index (χ4n) is 9.52. The zero-order valence-corrected chi connectivity index (χ0v) is 30.0. The molecule has 2 heterocycles. The molecule has 4 fully saturated rings. The summed E-state index contributed by atoms with van der Waals surface area (Å²) in [7, 11) is 0. The smallest absolute Gasteiger partial charge is 0.358 e. The molecule has 254 valence electrons. The summed E-state index contributed by atoms with van der Waals surface area (Å²) >= 11 is 6.23.